The first-order chi connectivity index (χ1) is 3.27. The molecule has 2 heteroatoms. The van der Waals surface area contributed by atoms with Crippen LogP contribution < -0.4 is 0 Å². The summed E-state index contributed by atoms with van der Waals surface area (Å²) in [5.41, 5.74) is 0. The number of halogens is 1. The monoisotopic (exact) mass is 121 g/mol. The highest BCUT2D eigenvalue weighted by atomic mass is 35.5. The summed E-state index contributed by atoms with van der Waals surface area (Å²) in [5, 5.41) is 0.904. The molecule has 0 atom stereocenters. The molecule has 0 fully saturated rings. The van der Waals surface area contributed by atoms with E-state index in [0.29, 0.717) is 0 Å². The first-order valence-electron chi connectivity index (χ1n) is 2.24. The molecule has 0 aliphatic carbocycles. The lowest BCUT2D eigenvalue weighted by molar-refractivity contribution is 0.200. The summed E-state index contributed by atoms with van der Waals surface area (Å²) >= 11 is 5.49. The molecule has 0 unspecified atom stereocenters. The van der Waals surface area contributed by atoms with Crippen LogP contribution >= 0.6 is 11.6 Å². The highest BCUT2D eigenvalue weighted by molar-refractivity contribution is 6.26. The van der Waals surface area contributed by atoms with Crippen molar-refractivity contribution in [2.45, 2.75) is 13.3 Å². The highest BCUT2D eigenvalue weighted by Gasteiger charge is 1.92. The van der Waals surface area contributed by atoms with Gasteiger partial charge in [-0.2, -0.15) is 0 Å². The Morgan fingerprint density at radius 1 is 1.71 bits per heavy atom. The maximum absolute atomic E-state index is 5.49. The largest absolute Gasteiger partial charge is 0.385 e. The zero-order chi connectivity index (χ0) is 5.70. The minimum absolute atomic E-state index is 0.731. The van der Waals surface area contributed by atoms with Crippen molar-refractivity contribution in [3.63, 3.8) is 0 Å². The van der Waals surface area contributed by atoms with Crippen LogP contribution in [0.1, 0.15) is 13.3 Å². The number of hydrogen-bond donors (Lipinski definition) is 0. The lowest BCUT2D eigenvalue weighted by Crippen LogP contribution is -1.90. The van der Waals surface area contributed by atoms with Crippen molar-refractivity contribution < 1.29 is 4.74 Å². The summed E-state index contributed by atoms with van der Waals surface area (Å²) < 4.78 is 4.75. The predicted octanol–water partition coefficient (Wildman–Crippen LogP) is 1.81. The van der Waals surface area contributed by atoms with Gasteiger partial charge in [-0.15, -0.1) is 11.6 Å². The van der Waals surface area contributed by atoms with Gasteiger partial charge in [-0.3, -0.25) is 0 Å². The fourth-order valence-corrected chi connectivity index (χ4v) is 0.320. The fourth-order valence-electron chi connectivity index (χ4n) is 0.243. The van der Waals surface area contributed by atoms with E-state index < -0.39 is 0 Å². The van der Waals surface area contributed by atoms with Crippen LogP contribution in [0.5, 0.6) is 0 Å². The summed E-state index contributed by atoms with van der Waals surface area (Å²) in [6.45, 7) is 2.61. The van der Waals surface area contributed by atoms with Crippen molar-refractivity contribution >= 4 is 11.6 Å². The first kappa shape index (κ1) is 7.25. The Morgan fingerprint density at radius 2 is 2.29 bits per heavy atom. The molecule has 43 valence electrons. The number of methoxy groups -OCH3 is 1. The van der Waals surface area contributed by atoms with Crippen molar-refractivity contribution in [2.75, 3.05) is 13.7 Å². The third-order valence-electron chi connectivity index (χ3n) is 0.651. The molecular formula is C5H10ClO. The van der Waals surface area contributed by atoms with E-state index in [1.54, 1.807) is 7.11 Å². The molecule has 0 bridgehead atoms. The molecule has 0 N–H and O–H groups in total. The van der Waals surface area contributed by atoms with Gasteiger partial charge < -0.3 is 4.74 Å². The van der Waals surface area contributed by atoms with E-state index in [1.807, 2.05) is 6.92 Å². The lowest BCUT2D eigenvalue weighted by Gasteiger charge is -1.96. The lowest BCUT2D eigenvalue weighted by atomic mass is 10.3. The van der Waals surface area contributed by atoms with E-state index in [9.17, 15) is 0 Å². The van der Waals surface area contributed by atoms with E-state index in [-0.39, 0.29) is 0 Å². The Hall–Kier alpha value is 0.250. The van der Waals surface area contributed by atoms with Gasteiger partial charge in [0.15, 0.2) is 0 Å². The van der Waals surface area contributed by atoms with Crippen molar-refractivity contribution in [1.29, 1.82) is 0 Å². The van der Waals surface area contributed by atoms with E-state index in [1.165, 1.54) is 0 Å². The molecule has 0 aromatic heterocycles. The maximum Gasteiger partial charge on any atom is 0.0629 e. The van der Waals surface area contributed by atoms with Crippen LogP contribution in [0.15, 0.2) is 0 Å². The van der Waals surface area contributed by atoms with Gasteiger partial charge in [-0.25, -0.2) is 0 Å². The molecule has 0 aromatic rings. The highest BCUT2D eigenvalue weighted by Crippen LogP contribution is 2.07. The molecule has 0 aromatic carbocycles. The Balaban J connectivity index is 2.68. The van der Waals surface area contributed by atoms with Gasteiger partial charge in [-0.05, 0) is 13.3 Å². The van der Waals surface area contributed by atoms with Crippen LogP contribution in [0.2, 0.25) is 0 Å². The van der Waals surface area contributed by atoms with Gasteiger partial charge in [0.1, 0.15) is 0 Å². The third-order valence-corrected chi connectivity index (χ3v) is 0.840. The van der Waals surface area contributed by atoms with Gasteiger partial charge in [0.05, 0.1) is 5.38 Å². The Morgan fingerprint density at radius 3 is 2.43 bits per heavy atom. The quantitative estimate of drug-likeness (QED) is 0.554. The second kappa shape index (κ2) is 4.41. The van der Waals surface area contributed by atoms with Crippen LogP contribution in [0.25, 0.3) is 0 Å². The van der Waals surface area contributed by atoms with Crippen LogP contribution in [0.3, 0.4) is 0 Å². The predicted molar refractivity (Wildman–Crippen MR) is 31.3 cm³/mol. The van der Waals surface area contributed by atoms with E-state index in [0.717, 1.165) is 18.4 Å². The molecule has 7 heavy (non-hydrogen) atoms. The minimum Gasteiger partial charge on any atom is -0.385 e. The zero-order valence-electron chi connectivity index (χ0n) is 4.70. The van der Waals surface area contributed by atoms with Crippen molar-refractivity contribution in [2.24, 2.45) is 0 Å². The van der Waals surface area contributed by atoms with Crippen LogP contribution in [0, 0.1) is 5.38 Å². The van der Waals surface area contributed by atoms with Crippen LogP contribution in [0.4, 0.5) is 0 Å². The third kappa shape index (κ3) is 6.25. The summed E-state index contributed by atoms with van der Waals surface area (Å²) in [6, 6.07) is 0. The Bertz CT molecular complexity index is 37.1. The molecule has 0 aliphatic heterocycles. The molecule has 0 heterocycles. The molecule has 0 rings (SSSR count). The van der Waals surface area contributed by atoms with Crippen molar-refractivity contribution in [1.82, 2.24) is 0 Å². The van der Waals surface area contributed by atoms with E-state index in [2.05, 4.69) is 0 Å². The van der Waals surface area contributed by atoms with Crippen molar-refractivity contribution in [3.05, 3.63) is 5.38 Å². The summed E-state index contributed by atoms with van der Waals surface area (Å²) in [6.07, 6.45) is 0.859. The van der Waals surface area contributed by atoms with Crippen LogP contribution in [-0.2, 0) is 4.74 Å². The maximum atomic E-state index is 5.49. The summed E-state index contributed by atoms with van der Waals surface area (Å²) in [5.74, 6) is 0. The van der Waals surface area contributed by atoms with Gasteiger partial charge >= 0.3 is 0 Å². The molecule has 1 radical (unpaired) electrons. The Kier molecular flexibility index (Phi) is 4.57. The summed E-state index contributed by atoms with van der Waals surface area (Å²) in [4.78, 5) is 0. The smallest absolute Gasteiger partial charge is 0.0629 e. The molecular weight excluding hydrogens is 112 g/mol. The van der Waals surface area contributed by atoms with Gasteiger partial charge in [-0.1, -0.05) is 0 Å². The Labute approximate surface area is 49.6 Å². The first-order valence-corrected chi connectivity index (χ1v) is 2.62. The summed E-state index contributed by atoms with van der Waals surface area (Å²) in [7, 11) is 1.67. The number of rotatable bonds is 3. The average Bonchev–Trinajstić information content (AvgIpc) is 1.61. The van der Waals surface area contributed by atoms with Crippen LogP contribution in [-0.4, -0.2) is 13.7 Å². The van der Waals surface area contributed by atoms with Gasteiger partial charge in [0, 0.05) is 13.7 Å². The SMILES string of the molecule is COCC[C](C)Cl. The molecule has 0 spiro atoms. The molecule has 1 nitrogen and oxygen atoms in total. The van der Waals surface area contributed by atoms with Crippen molar-refractivity contribution in [3.8, 4) is 0 Å². The zero-order valence-corrected chi connectivity index (χ0v) is 5.46. The minimum atomic E-state index is 0.731. The van der Waals surface area contributed by atoms with E-state index in [4.69, 9.17) is 16.3 Å². The standard InChI is InChI=1S/C5H10ClO/c1-5(6)3-4-7-2/h3-4H2,1-2H3. The fraction of sp³-hybridized carbons (Fsp3) is 0.800. The second-order valence-corrected chi connectivity index (χ2v) is 2.06. The molecule has 0 saturated carbocycles. The average molecular weight is 122 g/mol. The van der Waals surface area contributed by atoms with E-state index >= 15 is 0 Å². The number of hydrogen-bond acceptors (Lipinski definition) is 1. The molecule has 0 aliphatic rings. The van der Waals surface area contributed by atoms with Gasteiger partial charge in [0.25, 0.3) is 0 Å². The topological polar surface area (TPSA) is 9.23 Å². The molecule has 0 amide bonds. The second-order valence-electron chi connectivity index (χ2n) is 1.42. The number of ether oxygens (including phenoxy) is 1. The molecule has 0 saturated heterocycles. The van der Waals surface area contributed by atoms with Gasteiger partial charge in [0.2, 0.25) is 0 Å². The normalized spacial score (nSPS) is 10.3.